The molecule has 4 nitrogen and oxygen atoms in total. The molecule has 0 bridgehead atoms. The molecule has 2 aromatic rings. The third-order valence-electron chi connectivity index (χ3n) is 3.78. The Morgan fingerprint density at radius 3 is 2.31 bits per heavy atom. The lowest BCUT2D eigenvalue weighted by Gasteiger charge is -2.19. The summed E-state index contributed by atoms with van der Waals surface area (Å²) in [5.74, 6) is -0.141. The van der Waals surface area contributed by atoms with Gasteiger partial charge in [0.25, 0.3) is 10.1 Å². The minimum atomic E-state index is -3.64. The maximum atomic E-state index is 14.3. The summed E-state index contributed by atoms with van der Waals surface area (Å²) in [6.45, 7) is 1.79. The summed E-state index contributed by atoms with van der Waals surface area (Å²) in [6, 6.07) is 7.56. The van der Waals surface area contributed by atoms with E-state index in [1.807, 2.05) is 0 Å². The Morgan fingerprint density at radius 2 is 1.81 bits per heavy atom. The van der Waals surface area contributed by atoms with Gasteiger partial charge >= 0.3 is 0 Å². The fraction of sp³-hybridized carbons (Fsp3) is 0.333. The average Bonchev–Trinajstić information content (AvgIpc) is 2.52. The van der Waals surface area contributed by atoms with E-state index in [2.05, 4.69) is 0 Å². The molecule has 1 atom stereocenters. The molecular weight excluding hydrogens is 402 g/mol. The van der Waals surface area contributed by atoms with E-state index in [1.54, 1.807) is 25.1 Å². The molecule has 26 heavy (non-hydrogen) atoms. The number of hydrogen-bond acceptors (Lipinski definition) is 4. The van der Waals surface area contributed by atoms with Gasteiger partial charge in [-0.2, -0.15) is 8.42 Å². The number of rotatable bonds is 7. The van der Waals surface area contributed by atoms with E-state index in [1.165, 1.54) is 19.2 Å². The SMILES string of the molecule is CCC(Cc1cc(F)cc(-c2c(Cl)cccc2Cl)c1OC)OS(C)(=O)=O. The Hall–Kier alpha value is -1.34. The van der Waals surface area contributed by atoms with Crippen LogP contribution in [0.3, 0.4) is 0 Å². The van der Waals surface area contributed by atoms with Crippen molar-refractivity contribution in [2.75, 3.05) is 13.4 Å². The molecule has 0 heterocycles. The van der Waals surface area contributed by atoms with Crippen molar-refractivity contribution in [1.29, 1.82) is 0 Å². The van der Waals surface area contributed by atoms with Crippen molar-refractivity contribution in [1.82, 2.24) is 0 Å². The predicted molar refractivity (Wildman–Crippen MR) is 102 cm³/mol. The lowest BCUT2D eigenvalue weighted by Crippen LogP contribution is -2.19. The summed E-state index contributed by atoms with van der Waals surface area (Å²) in [4.78, 5) is 0. The monoisotopic (exact) mass is 420 g/mol. The zero-order valence-corrected chi connectivity index (χ0v) is 16.9. The van der Waals surface area contributed by atoms with Crippen molar-refractivity contribution in [3.05, 3.63) is 51.8 Å². The van der Waals surface area contributed by atoms with Crippen LogP contribution in [0.5, 0.6) is 5.75 Å². The highest BCUT2D eigenvalue weighted by molar-refractivity contribution is 7.86. The summed E-state index contributed by atoms with van der Waals surface area (Å²) in [5.41, 5.74) is 1.31. The molecule has 0 spiro atoms. The van der Waals surface area contributed by atoms with Gasteiger partial charge in [-0.15, -0.1) is 0 Å². The average molecular weight is 421 g/mol. The van der Waals surface area contributed by atoms with Crippen LogP contribution >= 0.6 is 23.2 Å². The molecule has 0 aliphatic heterocycles. The largest absolute Gasteiger partial charge is 0.496 e. The Bertz CT molecular complexity index is 880. The highest BCUT2D eigenvalue weighted by atomic mass is 35.5. The summed E-state index contributed by atoms with van der Waals surface area (Å²) >= 11 is 12.5. The maximum Gasteiger partial charge on any atom is 0.264 e. The van der Waals surface area contributed by atoms with Gasteiger partial charge in [-0.3, -0.25) is 4.18 Å². The van der Waals surface area contributed by atoms with Gasteiger partial charge in [-0.25, -0.2) is 4.39 Å². The summed E-state index contributed by atoms with van der Waals surface area (Å²) < 4.78 is 47.7. The van der Waals surface area contributed by atoms with E-state index in [-0.39, 0.29) is 6.42 Å². The van der Waals surface area contributed by atoms with Crippen molar-refractivity contribution in [3.8, 4) is 16.9 Å². The molecule has 0 N–H and O–H groups in total. The van der Waals surface area contributed by atoms with Crippen molar-refractivity contribution in [2.45, 2.75) is 25.9 Å². The second kappa shape index (κ2) is 8.57. The van der Waals surface area contributed by atoms with Crippen molar-refractivity contribution >= 4 is 33.3 Å². The molecule has 142 valence electrons. The minimum Gasteiger partial charge on any atom is -0.496 e. The van der Waals surface area contributed by atoms with Gasteiger partial charge in [-0.1, -0.05) is 36.2 Å². The molecule has 0 aromatic heterocycles. The van der Waals surface area contributed by atoms with Crippen LogP contribution < -0.4 is 4.74 Å². The smallest absolute Gasteiger partial charge is 0.264 e. The van der Waals surface area contributed by atoms with E-state index < -0.39 is 22.0 Å². The maximum absolute atomic E-state index is 14.3. The minimum absolute atomic E-state index is 0.152. The molecule has 2 aromatic carbocycles. The number of methoxy groups -OCH3 is 1. The van der Waals surface area contributed by atoms with Crippen molar-refractivity contribution in [3.63, 3.8) is 0 Å². The first-order valence-electron chi connectivity index (χ1n) is 7.85. The van der Waals surface area contributed by atoms with Crippen LogP contribution in [0.1, 0.15) is 18.9 Å². The lowest BCUT2D eigenvalue weighted by molar-refractivity contribution is 0.205. The quantitative estimate of drug-likeness (QED) is 0.584. The van der Waals surface area contributed by atoms with E-state index in [4.69, 9.17) is 32.1 Å². The second-order valence-corrected chi connectivity index (χ2v) is 8.19. The Kier molecular flexibility index (Phi) is 6.91. The predicted octanol–water partition coefficient (Wildman–Crippen LogP) is 5.11. The van der Waals surface area contributed by atoms with Crippen LogP contribution in [-0.4, -0.2) is 27.9 Å². The number of ether oxygens (including phenoxy) is 1. The van der Waals surface area contributed by atoms with Crippen LogP contribution in [0.4, 0.5) is 4.39 Å². The number of hydrogen-bond donors (Lipinski definition) is 0. The van der Waals surface area contributed by atoms with Gasteiger partial charge in [0, 0.05) is 23.1 Å². The molecule has 0 aliphatic rings. The first kappa shape index (κ1) is 21.0. The van der Waals surface area contributed by atoms with Gasteiger partial charge in [0.2, 0.25) is 0 Å². The molecule has 0 saturated carbocycles. The standard InChI is InChI=1S/C18H19Cl2FO4S/c1-4-13(25-26(3,22)23)9-11-8-12(21)10-14(18(11)24-2)17-15(19)6-5-7-16(17)20/h5-8,10,13H,4,9H2,1-3H3. The molecule has 0 radical (unpaired) electrons. The van der Waals surface area contributed by atoms with Crippen LogP contribution in [0, 0.1) is 5.82 Å². The Labute approximate surface area is 163 Å². The Balaban J connectivity index is 2.57. The van der Waals surface area contributed by atoms with Crippen LogP contribution in [-0.2, 0) is 20.7 Å². The van der Waals surface area contributed by atoms with E-state index in [9.17, 15) is 12.8 Å². The van der Waals surface area contributed by atoms with Crippen LogP contribution in [0.2, 0.25) is 10.0 Å². The van der Waals surface area contributed by atoms with Gasteiger partial charge in [0.1, 0.15) is 11.6 Å². The highest BCUT2D eigenvalue weighted by Crippen LogP contribution is 2.42. The van der Waals surface area contributed by atoms with Crippen molar-refractivity contribution in [2.24, 2.45) is 0 Å². The van der Waals surface area contributed by atoms with Crippen LogP contribution in [0.15, 0.2) is 30.3 Å². The van der Waals surface area contributed by atoms with Crippen LogP contribution in [0.25, 0.3) is 11.1 Å². The zero-order valence-electron chi connectivity index (χ0n) is 14.6. The van der Waals surface area contributed by atoms with Crippen molar-refractivity contribution < 1.29 is 21.7 Å². The second-order valence-electron chi connectivity index (χ2n) is 5.78. The molecular formula is C18H19Cl2FO4S. The highest BCUT2D eigenvalue weighted by Gasteiger charge is 2.22. The summed E-state index contributed by atoms with van der Waals surface area (Å²) in [7, 11) is -2.19. The fourth-order valence-electron chi connectivity index (χ4n) is 2.72. The molecule has 1 unspecified atom stereocenters. The molecule has 0 saturated heterocycles. The number of benzene rings is 2. The van der Waals surface area contributed by atoms with Gasteiger partial charge in [0.05, 0.1) is 29.5 Å². The van der Waals surface area contributed by atoms with Gasteiger partial charge in [0.15, 0.2) is 0 Å². The van der Waals surface area contributed by atoms with Gasteiger partial charge in [-0.05, 0) is 30.7 Å². The third-order valence-corrected chi connectivity index (χ3v) is 5.03. The third kappa shape index (κ3) is 5.10. The molecule has 8 heteroatoms. The zero-order chi connectivity index (χ0) is 19.5. The fourth-order valence-corrected chi connectivity index (χ4v) is 4.02. The topological polar surface area (TPSA) is 52.6 Å². The summed E-state index contributed by atoms with van der Waals surface area (Å²) in [6.07, 6.45) is 0.914. The first-order chi connectivity index (χ1) is 12.2. The molecule has 0 fully saturated rings. The summed E-state index contributed by atoms with van der Waals surface area (Å²) in [5, 5.41) is 0.707. The lowest BCUT2D eigenvalue weighted by atomic mass is 9.97. The normalized spacial score (nSPS) is 12.8. The van der Waals surface area contributed by atoms with Gasteiger partial charge < -0.3 is 4.74 Å². The van der Waals surface area contributed by atoms with E-state index in [0.29, 0.717) is 38.9 Å². The Morgan fingerprint density at radius 1 is 1.19 bits per heavy atom. The van der Waals surface area contributed by atoms with E-state index >= 15 is 0 Å². The first-order valence-corrected chi connectivity index (χ1v) is 10.4. The molecule has 0 amide bonds. The number of halogens is 3. The molecule has 0 aliphatic carbocycles. The van der Waals surface area contributed by atoms with E-state index in [0.717, 1.165) is 6.26 Å². The molecule has 2 rings (SSSR count).